The molecule has 2 aliphatic heterocycles. The summed E-state index contributed by atoms with van der Waals surface area (Å²) in [6, 6.07) is 23.0. The van der Waals surface area contributed by atoms with Gasteiger partial charge in [-0.25, -0.2) is 0 Å². The van der Waals surface area contributed by atoms with E-state index in [4.69, 9.17) is 9.47 Å². The molecule has 1 saturated heterocycles. The molecule has 0 aromatic heterocycles. The van der Waals surface area contributed by atoms with Crippen molar-refractivity contribution in [1.29, 1.82) is 0 Å². The summed E-state index contributed by atoms with van der Waals surface area (Å²) >= 11 is 1.63. The first-order chi connectivity index (χ1) is 16.2. The smallest absolute Gasteiger partial charge is 0.255 e. The van der Waals surface area contributed by atoms with Gasteiger partial charge in [0.15, 0.2) is 11.5 Å². The predicted molar refractivity (Wildman–Crippen MR) is 129 cm³/mol. The number of anilines is 1. The molecule has 2 heterocycles. The number of hydrogen-bond donors (Lipinski definition) is 1. The zero-order valence-electron chi connectivity index (χ0n) is 18.0. The maximum Gasteiger partial charge on any atom is 0.255 e. The molecule has 3 aromatic carbocycles. The van der Waals surface area contributed by atoms with Crippen LogP contribution < -0.4 is 14.8 Å². The fourth-order valence-corrected chi connectivity index (χ4v) is 5.21. The second kappa shape index (κ2) is 9.58. The van der Waals surface area contributed by atoms with E-state index in [0.29, 0.717) is 48.3 Å². The summed E-state index contributed by atoms with van der Waals surface area (Å²) in [6.07, 6.45) is 0.819. The van der Waals surface area contributed by atoms with Crippen LogP contribution in [-0.4, -0.2) is 42.2 Å². The van der Waals surface area contributed by atoms with Gasteiger partial charge in [-0.1, -0.05) is 42.5 Å². The number of carbonyl (C=O) groups excluding carboxylic acids is 2. The molecule has 0 saturated carbocycles. The van der Waals surface area contributed by atoms with E-state index in [1.807, 2.05) is 35.2 Å². The Kier molecular flexibility index (Phi) is 6.21. The zero-order valence-corrected chi connectivity index (χ0v) is 18.8. The topological polar surface area (TPSA) is 67.9 Å². The molecule has 5 rings (SSSR count). The van der Waals surface area contributed by atoms with Crippen LogP contribution in [0.15, 0.2) is 72.8 Å². The Morgan fingerprint density at radius 1 is 0.970 bits per heavy atom. The Morgan fingerprint density at radius 2 is 1.73 bits per heavy atom. The normalized spacial score (nSPS) is 17.2. The molecule has 0 aliphatic carbocycles. The van der Waals surface area contributed by atoms with Crippen LogP contribution in [0, 0.1) is 0 Å². The fourth-order valence-electron chi connectivity index (χ4n) is 3.99. The molecular weight excluding hydrogens is 436 g/mol. The molecule has 0 bridgehead atoms. The maximum atomic E-state index is 12.7. The first-order valence-electron chi connectivity index (χ1n) is 10.9. The van der Waals surface area contributed by atoms with Gasteiger partial charge in [0.05, 0.1) is 5.75 Å². The van der Waals surface area contributed by atoms with Crippen LogP contribution in [0.2, 0.25) is 0 Å². The number of thioether (sulfide) groups is 1. The summed E-state index contributed by atoms with van der Waals surface area (Å²) in [6.45, 7) is 1.70. The number of benzene rings is 3. The molecule has 0 unspecified atom stereocenters. The quantitative estimate of drug-likeness (QED) is 0.586. The standard InChI is InChI=1S/C26H24N2O4S/c29-24-17-33-26(28(24)13-12-18-4-2-1-3-5-18)20-8-6-19(7-9-20)25(30)27-21-10-11-22-23(16-21)32-15-14-31-22/h1-11,16,26H,12-15,17H2,(H,27,30)/t26-/m1/s1. The molecular formula is C26H24N2O4S. The van der Waals surface area contributed by atoms with Gasteiger partial charge >= 0.3 is 0 Å². The van der Waals surface area contributed by atoms with Crippen molar-refractivity contribution in [3.8, 4) is 11.5 Å². The van der Waals surface area contributed by atoms with Crippen LogP contribution in [-0.2, 0) is 11.2 Å². The number of hydrogen-bond acceptors (Lipinski definition) is 5. The van der Waals surface area contributed by atoms with E-state index in [0.717, 1.165) is 12.0 Å². The number of ether oxygens (including phenoxy) is 2. The van der Waals surface area contributed by atoms with Gasteiger partial charge in [-0.2, -0.15) is 0 Å². The molecule has 1 atom stereocenters. The molecule has 2 aliphatic rings. The summed E-state index contributed by atoms with van der Waals surface area (Å²) < 4.78 is 11.1. The molecule has 168 valence electrons. The molecule has 1 fully saturated rings. The third kappa shape index (κ3) is 4.83. The van der Waals surface area contributed by atoms with Gasteiger partial charge in [0.25, 0.3) is 5.91 Å². The van der Waals surface area contributed by atoms with Crippen molar-refractivity contribution in [3.05, 3.63) is 89.5 Å². The van der Waals surface area contributed by atoms with E-state index in [1.54, 1.807) is 42.1 Å². The number of amides is 2. The number of carbonyl (C=O) groups is 2. The lowest BCUT2D eigenvalue weighted by atomic mass is 10.1. The van der Waals surface area contributed by atoms with Crippen LogP contribution in [0.4, 0.5) is 5.69 Å². The highest BCUT2D eigenvalue weighted by Crippen LogP contribution is 2.38. The van der Waals surface area contributed by atoms with E-state index in [-0.39, 0.29) is 17.2 Å². The Hall–Kier alpha value is -3.45. The van der Waals surface area contributed by atoms with Crippen LogP contribution in [0.25, 0.3) is 0 Å². The van der Waals surface area contributed by atoms with Gasteiger partial charge in [0.1, 0.15) is 18.6 Å². The lowest BCUT2D eigenvalue weighted by molar-refractivity contribution is -0.128. The zero-order chi connectivity index (χ0) is 22.6. The van der Waals surface area contributed by atoms with Gasteiger partial charge in [0, 0.05) is 23.9 Å². The van der Waals surface area contributed by atoms with Crippen molar-refractivity contribution in [1.82, 2.24) is 4.90 Å². The minimum Gasteiger partial charge on any atom is -0.486 e. The Morgan fingerprint density at radius 3 is 2.52 bits per heavy atom. The number of nitrogens with zero attached hydrogens (tertiary/aromatic N) is 1. The van der Waals surface area contributed by atoms with E-state index >= 15 is 0 Å². The fraction of sp³-hybridized carbons (Fsp3) is 0.231. The highest BCUT2D eigenvalue weighted by atomic mass is 32.2. The van der Waals surface area contributed by atoms with Gasteiger partial charge in [0.2, 0.25) is 5.91 Å². The van der Waals surface area contributed by atoms with Crippen molar-refractivity contribution in [2.45, 2.75) is 11.8 Å². The monoisotopic (exact) mass is 460 g/mol. The first kappa shape index (κ1) is 21.4. The molecule has 6 nitrogen and oxygen atoms in total. The number of nitrogens with one attached hydrogen (secondary N) is 1. The second-order valence-electron chi connectivity index (χ2n) is 7.92. The minimum atomic E-state index is -0.200. The molecule has 3 aromatic rings. The van der Waals surface area contributed by atoms with Crippen molar-refractivity contribution < 1.29 is 19.1 Å². The van der Waals surface area contributed by atoms with Gasteiger partial charge in [-0.05, 0) is 41.8 Å². The van der Waals surface area contributed by atoms with Crippen LogP contribution >= 0.6 is 11.8 Å². The number of fused-ring (bicyclic) bond motifs is 1. The summed E-state index contributed by atoms with van der Waals surface area (Å²) in [5.74, 6) is 1.75. The molecule has 33 heavy (non-hydrogen) atoms. The van der Waals surface area contributed by atoms with Gasteiger partial charge in [-0.15, -0.1) is 11.8 Å². The van der Waals surface area contributed by atoms with E-state index in [9.17, 15) is 9.59 Å². The highest BCUT2D eigenvalue weighted by molar-refractivity contribution is 8.00. The average molecular weight is 461 g/mol. The summed E-state index contributed by atoms with van der Waals surface area (Å²) in [5.41, 5.74) is 3.44. The van der Waals surface area contributed by atoms with Crippen molar-refractivity contribution in [2.24, 2.45) is 0 Å². The summed E-state index contributed by atoms with van der Waals surface area (Å²) in [7, 11) is 0. The third-order valence-corrected chi connectivity index (χ3v) is 6.97. The molecule has 7 heteroatoms. The summed E-state index contributed by atoms with van der Waals surface area (Å²) in [4.78, 5) is 27.2. The van der Waals surface area contributed by atoms with E-state index < -0.39 is 0 Å². The predicted octanol–water partition coefficient (Wildman–Crippen LogP) is 4.53. The van der Waals surface area contributed by atoms with Crippen molar-refractivity contribution in [3.63, 3.8) is 0 Å². The summed E-state index contributed by atoms with van der Waals surface area (Å²) in [5, 5.41) is 2.88. The first-order valence-corrected chi connectivity index (χ1v) is 12.0. The minimum absolute atomic E-state index is 0.0314. The Bertz CT molecular complexity index is 1150. The van der Waals surface area contributed by atoms with Crippen LogP contribution in [0.5, 0.6) is 11.5 Å². The highest BCUT2D eigenvalue weighted by Gasteiger charge is 2.32. The lowest BCUT2D eigenvalue weighted by Crippen LogP contribution is -2.30. The maximum absolute atomic E-state index is 12.7. The van der Waals surface area contributed by atoms with Crippen molar-refractivity contribution >= 4 is 29.3 Å². The molecule has 0 radical (unpaired) electrons. The van der Waals surface area contributed by atoms with E-state index in [1.165, 1.54) is 5.56 Å². The molecule has 1 N–H and O–H groups in total. The van der Waals surface area contributed by atoms with Gasteiger partial charge < -0.3 is 19.7 Å². The van der Waals surface area contributed by atoms with Crippen LogP contribution in [0.3, 0.4) is 0 Å². The lowest BCUT2D eigenvalue weighted by Gasteiger charge is -2.24. The van der Waals surface area contributed by atoms with Gasteiger partial charge in [-0.3, -0.25) is 9.59 Å². The van der Waals surface area contributed by atoms with Crippen molar-refractivity contribution in [2.75, 3.05) is 30.8 Å². The SMILES string of the molecule is O=C(Nc1ccc2c(c1)OCCO2)c1ccc([C@H]2SCC(=O)N2CCc2ccccc2)cc1. The Labute approximate surface area is 196 Å². The van der Waals surface area contributed by atoms with Crippen LogP contribution in [0.1, 0.15) is 26.9 Å². The van der Waals surface area contributed by atoms with E-state index in [2.05, 4.69) is 17.4 Å². The average Bonchev–Trinajstić information content (AvgIpc) is 3.23. The molecule has 2 amide bonds. The Balaban J connectivity index is 1.24. The number of rotatable bonds is 6. The molecule has 0 spiro atoms. The second-order valence-corrected chi connectivity index (χ2v) is 8.99. The largest absolute Gasteiger partial charge is 0.486 e. The third-order valence-electron chi connectivity index (χ3n) is 5.71.